The van der Waals surface area contributed by atoms with Crippen molar-refractivity contribution in [3.8, 4) is 0 Å². The quantitative estimate of drug-likeness (QED) is 0.541. The van der Waals surface area contributed by atoms with Gasteiger partial charge in [-0.05, 0) is 43.3 Å². The van der Waals surface area contributed by atoms with Crippen LogP contribution in [0.2, 0.25) is 0 Å². The molecule has 0 saturated carbocycles. The molecule has 2 aromatic rings. The summed E-state index contributed by atoms with van der Waals surface area (Å²) in [5.41, 5.74) is 0.753. The normalized spacial score (nSPS) is 15.0. The van der Waals surface area contributed by atoms with Crippen LogP contribution in [-0.4, -0.2) is 36.5 Å². The predicted octanol–water partition coefficient (Wildman–Crippen LogP) is 4.46. The second kappa shape index (κ2) is 9.24. The highest BCUT2D eigenvalue weighted by molar-refractivity contribution is 7.98. The van der Waals surface area contributed by atoms with Crippen molar-refractivity contribution in [2.75, 3.05) is 19.7 Å². The maximum atomic E-state index is 13.0. The van der Waals surface area contributed by atoms with Crippen LogP contribution in [0.1, 0.15) is 35.0 Å². The highest BCUT2D eigenvalue weighted by Crippen LogP contribution is 2.29. The van der Waals surface area contributed by atoms with E-state index < -0.39 is 0 Å². The van der Waals surface area contributed by atoms with Gasteiger partial charge in [0.1, 0.15) is 0 Å². The second-order valence-corrected chi connectivity index (χ2v) is 8.23. The van der Waals surface area contributed by atoms with Crippen molar-refractivity contribution in [3.05, 3.63) is 52.2 Å². The topological polar surface area (TPSA) is 46.6 Å². The minimum absolute atomic E-state index is 0.0570. The zero-order valence-corrected chi connectivity index (χ0v) is 16.5. The Morgan fingerprint density at radius 2 is 1.96 bits per heavy atom. The molecule has 1 aromatic carbocycles. The van der Waals surface area contributed by atoms with E-state index in [1.54, 1.807) is 23.1 Å². The second-order valence-electron chi connectivity index (χ2n) is 6.18. The number of carbonyl (C=O) groups is 2. The highest BCUT2D eigenvalue weighted by Gasteiger charge is 2.29. The number of carbonyl (C=O) groups excluding carboxylic acids is 2. The van der Waals surface area contributed by atoms with Gasteiger partial charge in [0, 0.05) is 28.6 Å². The van der Waals surface area contributed by atoms with Crippen molar-refractivity contribution in [2.45, 2.75) is 30.4 Å². The first-order valence-electron chi connectivity index (χ1n) is 8.89. The number of likely N-dealkylation sites (tertiary alicyclic amines) is 1. The van der Waals surface area contributed by atoms with Crippen LogP contribution >= 0.6 is 23.1 Å². The molecule has 1 saturated heterocycles. The van der Waals surface area contributed by atoms with E-state index in [1.165, 1.54) is 4.88 Å². The SMILES string of the molecule is CCOC(=O)C1CCN(C(=O)c2ccccc2SCc2cccs2)CC1. The van der Waals surface area contributed by atoms with Crippen LogP contribution in [0.4, 0.5) is 0 Å². The number of hydrogen-bond donors (Lipinski definition) is 0. The summed E-state index contributed by atoms with van der Waals surface area (Å²) in [6, 6.07) is 12.0. The lowest BCUT2D eigenvalue weighted by molar-refractivity contribution is -0.149. The van der Waals surface area contributed by atoms with Crippen LogP contribution in [0.25, 0.3) is 0 Å². The van der Waals surface area contributed by atoms with E-state index >= 15 is 0 Å². The van der Waals surface area contributed by atoms with E-state index in [0.717, 1.165) is 16.2 Å². The lowest BCUT2D eigenvalue weighted by atomic mass is 9.96. The molecule has 0 aliphatic carbocycles. The molecular weight excluding hydrogens is 366 g/mol. The molecule has 0 spiro atoms. The van der Waals surface area contributed by atoms with Gasteiger partial charge >= 0.3 is 5.97 Å². The van der Waals surface area contributed by atoms with Gasteiger partial charge in [-0.2, -0.15) is 0 Å². The van der Waals surface area contributed by atoms with E-state index in [4.69, 9.17) is 4.74 Å². The smallest absolute Gasteiger partial charge is 0.309 e. The van der Waals surface area contributed by atoms with E-state index in [0.29, 0.717) is 32.5 Å². The number of ether oxygens (including phenoxy) is 1. The average Bonchev–Trinajstić information content (AvgIpc) is 3.20. The Hall–Kier alpha value is -1.79. The largest absolute Gasteiger partial charge is 0.466 e. The first kappa shape index (κ1) is 19.0. The Bertz CT molecular complexity index is 737. The minimum atomic E-state index is -0.133. The molecule has 26 heavy (non-hydrogen) atoms. The number of thiophene rings is 1. The lowest BCUT2D eigenvalue weighted by Gasteiger charge is -2.31. The summed E-state index contributed by atoms with van der Waals surface area (Å²) in [7, 11) is 0. The van der Waals surface area contributed by atoms with Crippen LogP contribution in [0.5, 0.6) is 0 Å². The van der Waals surface area contributed by atoms with Gasteiger partial charge in [-0.25, -0.2) is 0 Å². The summed E-state index contributed by atoms with van der Waals surface area (Å²) in [4.78, 5) is 29.0. The number of thioether (sulfide) groups is 1. The molecule has 2 heterocycles. The van der Waals surface area contributed by atoms with Crippen LogP contribution < -0.4 is 0 Å². The number of benzene rings is 1. The maximum Gasteiger partial charge on any atom is 0.309 e. The van der Waals surface area contributed by atoms with Crippen molar-refractivity contribution in [2.24, 2.45) is 5.92 Å². The van der Waals surface area contributed by atoms with Crippen LogP contribution in [0.15, 0.2) is 46.7 Å². The predicted molar refractivity (Wildman–Crippen MR) is 106 cm³/mol. The molecule has 4 nitrogen and oxygen atoms in total. The fourth-order valence-corrected chi connectivity index (χ4v) is 4.88. The van der Waals surface area contributed by atoms with Gasteiger partial charge in [0.25, 0.3) is 5.91 Å². The Kier molecular flexibility index (Phi) is 6.74. The number of nitrogens with zero attached hydrogens (tertiary/aromatic N) is 1. The molecule has 0 N–H and O–H groups in total. The highest BCUT2D eigenvalue weighted by atomic mass is 32.2. The zero-order valence-electron chi connectivity index (χ0n) is 14.8. The fraction of sp³-hybridized carbons (Fsp3) is 0.400. The third-order valence-electron chi connectivity index (χ3n) is 4.47. The van der Waals surface area contributed by atoms with Crippen LogP contribution in [-0.2, 0) is 15.3 Å². The van der Waals surface area contributed by atoms with Crippen molar-refractivity contribution >= 4 is 35.0 Å². The summed E-state index contributed by atoms with van der Waals surface area (Å²) >= 11 is 3.43. The van der Waals surface area contributed by atoms with Crippen LogP contribution in [0.3, 0.4) is 0 Å². The molecule has 6 heteroatoms. The molecule has 1 aromatic heterocycles. The molecule has 3 rings (SSSR count). The van der Waals surface area contributed by atoms with E-state index in [2.05, 4.69) is 11.4 Å². The van der Waals surface area contributed by atoms with Gasteiger partial charge in [-0.3, -0.25) is 9.59 Å². The first-order chi connectivity index (χ1) is 12.7. The molecule has 1 amide bonds. The Balaban J connectivity index is 1.62. The van der Waals surface area contributed by atoms with Gasteiger partial charge < -0.3 is 9.64 Å². The van der Waals surface area contributed by atoms with E-state index in [-0.39, 0.29) is 17.8 Å². The van der Waals surface area contributed by atoms with Gasteiger partial charge in [0.05, 0.1) is 18.1 Å². The third kappa shape index (κ3) is 4.68. The van der Waals surface area contributed by atoms with Gasteiger partial charge in [-0.15, -0.1) is 23.1 Å². The molecular formula is C20H23NO3S2. The average molecular weight is 390 g/mol. The molecule has 1 aliphatic heterocycles. The molecule has 1 aliphatic rings. The van der Waals surface area contributed by atoms with Gasteiger partial charge in [-0.1, -0.05) is 18.2 Å². The number of rotatable bonds is 6. The monoisotopic (exact) mass is 389 g/mol. The third-order valence-corrected chi connectivity index (χ3v) is 6.65. The van der Waals surface area contributed by atoms with Crippen molar-refractivity contribution in [1.29, 1.82) is 0 Å². The number of esters is 1. The molecule has 0 radical (unpaired) electrons. The van der Waals surface area contributed by atoms with E-state index in [1.807, 2.05) is 42.2 Å². The Morgan fingerprint density at radius 1 is 1.19 bits per heavy atom. The van der Waals surface area contributed by atoms with Crippen molar-refractivity contribution < 1.29 is 14.3 Å². The lowest BCUT2D eigenvalue weighted by Crippen LogP contribution is -2.40. The molecule has 0 bridgehead atoms. The Labute approximate surface area is 162 Å². The fourth-order valence-electron chi connectivity index (χ4n) is 3.06. The van der Waals surface area contributed by atoms with E-state index in [9.17, 15) is 9.59 Å². The number of amides is 1. The van der Waals surface area contributed by atoms with Crippen molar-refractivity contribution in [1.82, 2.24) is 4.90 Å². The molecule has 0 unspecified atom stereocenters. The Morgan fingerprint density at radius 3 is 2.65 bits per heavy atom. The number of piperidine rings is 1. The summed E-state index contributed by atoms with van der Waals surface area (Å²) in [5, 5.41) is 2.07. The standard InChI is InChI=1S/C20H23NO3S2/c1-2-24-20(23)15-9-11-21(12-10-15)19(22)17-7-3-4-8-18(17)26-14-16-6-5-13-25-16/h3-8,13,15H,2,9-12,14H2,1H3. The molecule has 1 fully saturated rings. The summed E-state index contributed by atoms with van der Waals surface area (Å²) < 4.78 is 5.10. The zero-order chi connectivity index (χ0) is 18.4. The summed E-state index contributed by atoms with van der Waals surface area (Å²) in [6.45, 7) is 3.44. The maximum absolute atomic E-state index is 13.0. The van der Waals surface area contributed by atoms with Gasteiger partial charge in [0.15, 0.2) is 0 Å². The van der Waals surface area contributed by atoms with Crippen molar-refractivity contribution in [3.63, 3.8) is 0 Å². The summed E-state index contributed by atoms with van der Waals surface area (Å²) in [5.74, 6) is 0.711. The summed E-state index contributed by atoms with van der Waals surface area (Å²) in [6.07, 6.45) is 1.35. The molecule has 138 valence electrons. The van der Waals surface area contributed by atoms with Crippen LogP contribution in [0, 0.1) is 5.92 Å². The minimum Gasteiger partial charge on any atom is -0.466 e. The number of hydrogen-bond acceptors (Lipinski definition) is 5. The molecule has 0 atom stereocenters. The first-order valence-corrected chi connectivity index (χ1v) is 10.8. The van der Waals surface area contributed by atoms with Gasteiger partial charge in [0.2, 0.25) is 0 Å².